The van der Waals surface area contributed by atoms with Crippen LogP contribution in [0.15, 0.2) is 18.2 Å². The van der Waals surface area contributed by atoms with Gasteiger partial charge in [0.25, 0.3) is 0 Å². The molecule has 0 aliphatic rings. The number of nitrogens with zero attached hydrogens (tertiary/aromatic N) is 1. The van der Waals surface area contributed by atoms with Crippen LogP contribution in [-0.2, 0) is 0 Å². The zero-order chi connectivity index (χ0) is 12.6. The fraction of sp³-hybridized carbons (Fsp3) is 0.400. The second-order valence-corrected chi connectivity index (χ2v) is 4.92. The van der Waals surface area contributed by atoms with Crippen molar-refractivity contribution in [2.75, 3.05) is 12.4 Å². The summed E-state index contributed by atoms with van der Waals surface area (Å²) in [5, 5.41) is 4.54. The van der Waals surface area contributed by atoms with E-state index in [1.807, 2.05) is 7.05 Å². The molecule has 0 amide bonds. The van der Waals surface area contributed by atoms with E-state index in [0.717, 1.165) is 11.2 Å². The number of fused-ring (bicyclic) bond motifs is 1. The summed E-state index contributed by atoms with van der Waals surface area (Å²) in [6.45, 7) is 8.62. The number of nitrogens with one attached hydrogen (secondary N) is 1. The minimum absolute atomic E-state index is 0.450. The highest BCUT2D eigenvalue weighted by molar-refractivity contribution is 5.96. The topological polar surface area (TPSA) is 24.9 Å². The van der Waals surface area contributed by atoms with Gasteiger partial charge in [0, 0.05) is 23.8 Å². The average molecular weight is 228 g/mol. The largest absolute Gasteiger partial charge is 0.388 e. The first kappa shape index (κ1) is 11.9. The Morgan fingerprint density at radius 3 is 2.35 bits per heavy atom. The molecule has 0 fully saturated rings. The zero-order valence-electron chi connectivity index (χ0n) is 11.3. The van der Waals surface area contributed by atoms with Crippen molar-refractivity contribution in [2.24, 2.45) is 0 Å². The molecule has 0 aliphatic carbocycles. The van der Waals surface area contributed by atoms with E-state index in [4.69, 9.17) is 4.98 Å². The Hall–Kier alpha value is -1.57. The second-order valence-electron chi connectivity index (χ2n) is 4.92. The fourth-order valence-corrected chi connectivity index (χ4v) is 2.15. The van der Waals surface area contributed by atoms with Crippen molar-refractivity contribution in [2.45, 2.75) is 33.6 Å². The molecule has 1 aromatic carbocycles. The van der Waals surface area contributed by atoms with Gasteiger partial charge in [-0.15, -0.1) is 0 Å². The minimum atomic E-state index is 0.450. The summed E-state index contributed by atoms with van der Waals surface area (Å²) in [6, 6.07) is 6.48. The van der Waals surface area contributed by atoms with Crippen LogP contribution >= 0.6 is 0 Å². The molecule has 2 heteroatoms. The van der Waals surface area contributed by atoms with Gasteiger partial charge in [0.1, 0.15) is 0 Å². The summed E-state index contributed by atoms with van der Waals surface area (Å²) in [7, 11) is 1.97. The van der Waals surface area contributed by atoms with Gasteiger partial charge >= 0.3 is 0 Å². The zero-order valence-corrected chi connectivity index (χ0v) is 11.3. The number of hydrogen-bond acceptors (Lipinski definition) is 2. The summed E-state index contributed by atoms with van der Waals surface area (Å²) in [4.78, 5) is 4.80. The van der Waals surface area contributed by atoms with Gasteiger partial charge in [-0.05, 0) is 37.0 Å². The molecule has 0 saturated heterocycles. The van der Waals surface area contributed by atoms with Crippen molar-refractivity contribution in [3.63, 3.8) is 0 Å². The van der Waals surface area contributed by atoms with Crippen molar-refractivity contribution in [3.05, 3.63) is 35.0 Å². The molecule has 1 N–H and O–H groups in total. The van der Waals surface area contributed by atoms with Crippen LogP contribution in [0.1, 0.15) is 36.6 Å². The van der Waals surface area contributed by atoms with Crippen molar-refractivity contribution in [1.29, 1.82) is 0 Å². The summed E-state index contributed by atoms with van der Waals surface area (Å²) in [5.74, 6) is 0.450. The lowest BCUT2D eigenvalue weighted by atomic mass is 10.0. The molecule has 0 aliphatic heterocycles. The fourth-order valence-electron chi connectivity index (χ4n) is 2.15. The molecule has 2 nitrogen and oxygen atoms in total. The van der Waals surface area contributed by atoms with Gasteiger partial charge in [-0.25, -0.2) is 0 Å². The van der Waals surface area contributed by atoms with Crippen molar-refractivity contribution in [1.82, 2.24) is 4.98 Å². The van der Waals surface area contributed by atoms with Crippen molar-refractivity contribution < 1.29 is 0 Å². The van der Waals surface area contributed by atoms with Gasteiger partial charge in [0.2, 0.25) is 0 Å². The van der Waals surface area contributed by atoms with Gasteiger partial charge in [-0.2, -0.15) is 0 Å². The highest BCUT2D eigenvalue weighted by Gasteiger charge is 2.11. The molecule has 0 unspecified atom stereocenters. The van der Waals surface area contributed by atoms with Crippen LogP contribution < -0.4 is 5.32 Å². The van der Waals surface area contributed by atoms with E-state index in [0.29, 0.717) is 5.92 Å². The maximum absolute atomic E-state index is 4.80. The molecule has 1 aromatic heterocycles. The van der Waals surface area contributed by atoms with Crippen LogP contribution in [0.2, 0.25) is 0 Å². The number of rotatable bonds is 2. The average Bonchev–Trinajstić information content (AvgIpc) is 2.32. The molecule has 0 radical (unpaired) electrons. The quantitative estimate of drug-likeness (QED) is 0.839. The predicted octanol–water partition coefficient (Wildman–Crippen LogP) is 4.02. The number of anilines is 1. The van der Waals surface area contributed by atoms with E-state index in [1.165, 1.54) is 22.2 Å². The number of aryl methyl sites for hydroxylation is 2. The molecule has 1 heterocycles. The van der Waals surface area contributed by atoms with E-state index < -0.39 is 0 Å². The first-order chi connectivity index (χ1) is 8.04. The van der Waals surface area contributed by atoms with Gasteiger partial charge in [-0.1, -0.05) is 26.0 Å². The Labute approximate surface area is 103 Å². The standard InChI is InChI=1S/C15H20N2/c1-9(2)12-8-13(16-5)14-10(3)6-7-11(4)15(14)17-12/h6-9H,1-5H3,(H,16,17). The normalized spacial score (nSPS) is 11.2. The van der Waals surface area contributed by atoms with Crippen LogP contribution in [0.5, 0.6) is 0 Å². The molecule has 0 atom stereocenters. The SMILES string of the molecule is CNc1cc(C(C)C)nc2c(C)ccc(C)c12. The highest BCUT2D eigenvalue weighted by Crippen LogP contribution is 2.30. The number of aromatic nitrogens is 1. The molecule has 90 valence electrons. The Morgan fingerprint density at radius 1 is 1.12 bits per heavy atom. The molecule has 0 saturated carbocycles. The third kappa shape index (κ3) is 1.99. The highest BCUT2D eigenvalue weighted by atomic mass is 14.8. The Kier molecular flexibility index (Phi) is 3.05. The number of benzene rings is 1. The van der Waals surface area contributed by atoms with Crippen LogP contribution in [0.4, 0.5) is 5.69 Å². The van der Waals surface area contributed by atoms with E-state index >= 15 is 0 Å². The third-order valence-corrected chi connectivity index (χ3v) is 3.25. The maximum atomic E-state index is 4.80. The van der Waals surface area contributed by atoms with Crippen LogP contribution in [0.25, 0.3) is 10.9 Å². The molecule has 0 spiro atoms. The van der Waals surface area contributed by atoms with Gasteiger partial charge in [0.15, 0.2) is 0 Å². The lowest BCUT2D eigenvalue weighted by Crippen LogP contribution is -2.00. The molecule has 0 bridgehead atoms. The van der Waals surface area contributed by atoms with Crippen LogP contribution in [0, 0.1) is 13.8 Å². The van der Waals surface area contributed by atoms with Crippen molar-refractivity contribution in [3.8, 4) is 0 Å². The first-order valence-electron chi connectivity index (χ1n) is 6.13. The smallest absolute Gasteiger partial charge is 0.0757 e. The Bertz CT molecular complexity index is 556. The second kappa shape index (κ2) is 4.36. The summed E-state index contributed by atoms with van der Waals surface area (Å²) in [5.41, 5.74) is 5.97. The van der Waals surface area contributed by atoms with E-state index in [-0.39, 0.29) is 0 Å². The lowest BCUT2D eigenvalue weighted by Gasteiger charge is -2.14. The predicted molar refractivity (Wildman–Crippen MR) is 74.9 cm³/mol. The summed E-state index contributed by atoms with van der Waals surface area (Å²) in [6.07, 6.45) is 0. The minimum Gasteiger partial charge on any atom is -0.388 e. The number of hydrogen-bond donors (Lipinski definition) is 1. The first-order valence-corrected chi connectivity index (χ1v) is 6.13. The van der Waals surface area contributed by atoms with E-state index in [9.17, 15) is 0 Å². The lowest BCUT2D eigenvalue weighted by molar-refractivity contribution is 0.830. The van der Waals surface area contributed by atoms with Gasteiger partial charge in [0.05, 0.1) is 5.52 Å². The molecular weight excluding hydrogens is 208 g/mol. The van der Waals surface area contributed by atoms with E-state index in [2.05, 4.69) is 51.2 Å². The third-order valence-electron chi connectivity index (χ3n) is 3.25. The summed E-state index contributed by atoms with van der Waals surface area (Å²) < 4.78 is 0. The van der Waals surface area contributed by atoms with Gasteiger partial charge in [-0.3, -0.25) is 4.98 Å². The van der Waals surface area contributed by atoms with E-state index in [1.54, 1.807) is 0 Å². The molecule has 17 heavy (non-hydrogen) atoms. The molecule has 2 rings (SSSR count). The van der Waals surface area contributed by atoms with Gasteiger partial charge < -0.3 is 5.32 Å². The monoisotopic (exact) mass is 228 g/mol. The molecular formula is C15H20N2. The van der Waals surface area contributed by atoms with Crippen LogP contribution in [-0.4, -0.2) is 12.0 Å². The number of pyridine rings is 1. The maximum Gasteiger partial charge on any atom is 0.0757 e. The molecule has 2 aromatic rings. The summed E-state index contributed by atoms with van der Waals surface area (Å²) >= 11 is 0. The Morgan fingerprint density at radius 2 is 1.76 bits per heavy atom. The van der Waals surface area contributed by atoms with Crippen LogP contribution in [0.3, 0.4) is 0 Å². The van der Waals surface area contributed by atoms with Crippen molar-refractivity contribution >= 4 is 16.6 Å². The Balaban J connectivity index is 2.87.